The Hall–Kier alpha value is -1.96. The SMILES string of the molecule is c1ccc(COc2cccc(CC3CNCCNCCNCCNCCN3)c2)cc1. The lowest BCUT2D eigenvalue weighted by Crippen LogP contribution is -2.44. The number of hydrogen-bond acceptors (Lipinski definition) is 6. The molecule has 0 aliphatic carbocycles. The number of ether oxygens (including phenoxy) is 1. The van der Waals surface area contributed by atoms with Crippen LogP contribution < -0.4 is 31.3 Å². The van der Waals surface area contributed by atoms with Crippen LogP contribution in [0.2, 0.25) is 0 Å². The normalized spacial score (nSPS) is 20.1. The maximum atomic E-state index is 6.01. The molecule has 0 spiro atoms. The van der Waals surface area contributed by atoms with Crippen LogP contribution in [0, 0.1) is 0 Å². The predicted molar refractivity (Wildman–Crippen MR) is 124 cm³/mol. The zero-order valence-electron chi connectivity index (χ0n) is 18.0. The highest BCUT2D eigenvalue weighted by molar-refractivity contribution is 5.29. The molecule has 2 aromatic rings. The van der Waals surface area contributed by atoms with Gasteiger partial charge in [0.15, 0.2) is 0 Å². The minimum Gasteiger partial charge on any atom is -0.489 e. The summed E-state index contributed by atoms with van der Waals surface area (Å²) in [6.07, 6.45) is 0.977. The van der Waals surface area contributed by atoms with Gasteiger partial charge in [-0.05, 0) is 29.7 Å². The summed E-state index contributed by atoms with van der Waals surface area (Å²) >= 11 is 0. The van der Waals surface area contributed by atoms with E-state index in [1.807, 2.05) is 24.3 Å². The van der Waals surface area contributed by atoms with Crippen molar-refractivity contribution < 1.29 is 4.74 Å². The van der Waals surface area contributed by atoms with Crippen LogP contribution >= 0.6 is 0 Å². The van der Waals surface area contributed by atoms with Crippen molar-refractivity contribution in [2.24, 2.45) is 0 Å². The summed E-state index contributed by atoms with van der Waals surface area (Å²) in [5, 5.41) is 17.7. The Morgan fingerprint density at radius 2 is 1.30 bits per heavy atom. The van der Waals surface area contributed by atoms with Crippen molar-refractivity contribution >= 4 is 0 Å². The van der Waals surface area contributed by atoms with Crippen LogP contribution in [-0.4, -0.2) is 64.9 Å². The van der Waals surface area contributed by atoms with E-state index in [-0.39, 0.29) is 0 Å². The van der Waals surface area contributed by atoms with E-state index in [1.54, 1.807) is 0 Å². The van der Waals surface area contributed by atoms with E-state index in [9.17, 15) is 0 Å². The summed E-state index contributed by atoms with van der Waals surface area (Å²) in [5.41, 5.74) is 2.49. The Labute approximate surface area is 181 Å². The molecule has 1 unspecified atom stereocenters. The Morgan fingerprint density at radius 1 is 0.667 bits per heavy atom. The van der Waals surface area contributed by atoms with Crippen molar-refractivity contribution in [1.82, 2.24) is 26.6 Å². The summed E-state index contributed by atoms with van der Waals surface area (Å²) in [6.45, 7) is 9.53. The lowest BCUT2D eigenvalue weighted by Gasteiger charge is -2.20. The third-order valence-electron chi connectivity index (χ3n) is 5.19. The quantitative estimate of drug-likeness (QED) is 0.508. The maximum absolute atomic E-state index is 6.01. The molecule has 1 aliphatic rings. The van der Waals surface area contributed by atoms with Gasteiger partial charge in [0, 0.05) is 64.9 Å². The molecule has 0 aromatic heterocycles. The van der Waals surface area contributed by atoms with Crippen LogP contribution in [0.3, 0.4) is 0 Å². The smallest absolute Gasteiger partial charge is 0.120 e. The minimum atomic E-state index is 0.388. The van der Waals surface area contributed by atoms with Crippen LogP contribution in [-0.2, 0) is 13.0 Å². The second kappa shape index (κ2) is 14.1. The Balaban J connectivity index is 1.50. The monoisotopic (exact) mass is 411 g/mol. The van der Waals surface area contributed by atoms with E-state index >= 15 is 0 Å². The fourth-order valence-corrected chi connectivity index (χ4v) is 3.55. The summed E-state index contributed by atoms with van der Waals surface area (Å²) in [4.78, 5) is 0. The molecule has 0 amide bonds. The van der Waals surface area contributed by atoms with Gasteiger partial charge in [-0.1, -0.05) is 42.5 Å². The van der Waals surface area contributed by atoms with E-state index in [4.69, 9.17) is 4.74 Å². The standard InChI is InChI=1S/C24H37N5O/c1-2-5-21(6-3-1)20-30-24-8-4-7-22(18-24)17-23-19-28-14-13-26-10-9-25-11-12-27-15-16-29-23/h1-8,18,23,25-29H,9-17,19-20H2. The molecule has 0 radical (unpaired) electrons. The lowest BCUT2D eigenvalue weighted by molar-refractivity contribution is 0.306. The molecular formula is C24H37N5O. The van der Waals surface area contributed by atoms with Crippen molar-refractivity contribution in [1.29, 1.82) is 0 Å². The van der Waals surface area contributed by atoms with Crippen LogP contribution in [0.4, 0.5) is 0 Å². The maximum Gasteiger partial charge on any atom is 0.120 e. The third-order valence-corrected chi connectivity index (χ3v) is 5.19. The van der Waals surface area contributed by atoms with Gasteiger partial charge in [-0.15, -0.1) is 0 Å². The Morgan fingerprint density at radius 3 is 2.03 bits per heavy atom. The average molecular weight is 412 g/mol. The highest BCUT2D eigenvalue weighted by Crippen LogP contribution is 2.16. The summed E-state index contributed by atoms with van der Waals surface area (Å²) in [6, 6.07) is 19.2. The van der Waals surface area contributed by atoms with Gasteiger partial charge in [0.25, 0.3) is 0 Å². The van der Waals surface area contributed by atoms with Crippen molar-refractivity contribution in [3.63, 3.8) is 0 Å². The summed E-state index contributed by atoms with van der Waals surface area (Å²) in [7, 11) is 0. The van der Waals surface area contributed by atoms with Gasteiger partial charge in [-0.2, -0.15) is 0 Å². The molecule has 1 aliphatic heterocycles. The van der Waals surface area contributed by atoms with Gasteiger partial charge in [-0.25, -0.2) is 0 Å². The number of benzene rings is 2. The van der Waals surface area contributed by atoms with E-state index in [1.165, 1.54) is 11.1 Å². The van der Waals surface area contributed by atoms with Crippen LogP contribution in [0.1, 0.15) is 11.1 Å². The first-order chi connectivity index (χ1) is 14.9. The molecule has 1 fully saturated rings. The highest BCUT2D eigenvalue weighted by atomic mass is 16.5. The fourth-order valence-electron chi connectivity index (χ4n) is 3.55. The van der Waals surface area contributed by atoms with E-state index in [0.717, 1.165) is 71.1 Å². The van der Waals surface area contributed by atoms with Gasteiger partial charge in [-0.3, -0.25) is 0 Å². The van der Waals surface area contributed by atoms with E-state index in [2.05, 4.69) is 56.9 Å². The van der Waals surface area contributed by atoms with Crippen molar-refractivity contribution in [3.8, 4) is 5.75 Å². The van der Waals surface area contributed by atoms with Gasteiger partial charge < -0.3 is 31.3 Å². The number of nitrogens with one attached hydrogen (secondary N) is 5. The predicted octanol–water partition coefficient (Wildman–Crippen LogP) is 1.14. The zero-order valence-corrected chi connectivity index (χ0v) is 18.0. The molecular weight excluding hydrogens is 374 g/mol. The van der Waals surface area contributed by atoms with Crippen molar-refractivity contribution in [2.75, 3.05) is 58.9 Å². The highest BCUT2D eigenvalue weighted by Gasteiger charge is 2.10. The van der Waals surface area contributed by atoms with E-state index in [0.29, 0.717) is 12.6 Å². The molecule has 2 aromatic carbocycles. The zero-order chi connectivity index (χ0) is 20.7. The molecule has 1 atom stereocenters. The largest absolute Gasteiger partial charge is 0.489 e. The lowest BCUT2D eigenvalue weighted by atomic mass is 10.1. The first kappa shape index (κ1) is 22.7. The topological polar surface area (TPSA) is 69.4 Å². The van der Waals surface area contributed by atoms with Crippen molar-refractivity contribution in [3.05, 3.63) is 65.7 Å². The molecule has 164 valence electrons. The third kappa shape index (κ3) is 9.24. The van der Waals surface area contributed by atoms with Crippen molar-refractivity contribution in [2.45, 2.75) is 19.1 Å². The molecule has 1 saturated heterocycles. The second-order valence-electron chi connectivity index (χ2n) is 7.73. The summed E-state index contributed by atoms with van der Waals surface area (Å²) < 4.78 is 6.01. The first-order valence-corrected chi connectivity index (χ1v) is 11.2. The summed E-state index contributed by atoms with van der Waals surface area (Å²) in [5.74, 6) is 0.930. The Kier molecular flexibility index (Phi) is 10.7. The molecule has 3 rings (SSSR count). The van der Waals surface area contributed by atoms with Crippen LogP contribution in [0.15, 0.2) is 54.6 Å². The van der Waals surface area contributed by atoms with Gasteiger partial charge in [0.1, 0.15) is 12.4 Å². The second-order valence-corrected chi connectivity index (χ2v) is 7.73. The first-order valence-electron chi connectivity index (χ1n) is 11.2. The molecule has 6 heteroatoms. The molecule has 5 N–H and O–H groups in total. The number of hydrogen-bond donors (Lipinski definition) is 5. The minimum absolute atomic E-state index is 0.388. The molecule has 1 heterocycles. The molecule has 6 nitrogen and oxygen atoms in total. The van der Waals surface area contributed by atoms with Gasteiger partial charge in [0.05, 0.1) is 0 Å². The molecule has 0 bridgehead atoms. The Bertz CT molecular complexity index is 681. The number of rotatable bonds is 5. The van der Waals surface area contributed by atoms with Gasteiger partial charge >= 0.3 is 0 Å². The van der Waals surface area contributed by atoms with E-state index < -0.39 is 0 Å². The molecule has 0 saturated carbocycles. The van der Waals surface area contributed by atoms with Crippen LogP contribution in [0.5, 0.6) is 5.75 Å². The van der Waals surface area contributed by atoms with Gasteiger partial charge in [0.2, 0.25) is 0 Å². The fraction of sp³-hybridized carbons (Fsp3) is 0.500. The molecule has 30 heavy (non-hydrogen) atoms. The average Bonchev–Trinajstić information content (AvgIpc) is 2.79. The van der Waals surface area contributed by atoms with Crippen LogP contribution in [0.25, 0.3) is 0 Å².